The van der Waals surface area contributed by atoms with Crippen molar-refractivity contribution in [1.29, 1.82) is 0 Å². The van der Waals surface area contributed by atoms with E-state index in [-0.39, 0.29) is 11.1 Å². The van der Waals surface area contributed by atoms with E-state index in [0.717, 1.165) is 24.1 Å². The second kappa shape index (κ2) is 7.63. The highest BCUT2D eigenvalue weighted by atomic mass is 16.5. The summed E-state index contributed by atoms with van der Waals surface area (Å²) >= 11 is 0. The van der Waals surface area contributed by atoms with E-state index in [0.29, 0.717) is 30.1 Å². The van der Waals surface area contributed by atoms with Crippen molar-refractivity contribution >= 4 is 22.1 Å². The van der Waals surface area contributed by atoms with E-state index in [4.69, 9.17) is 9.15 Å². The maximum absolute atomic E-state index is 12.3. The molecule has 0 spiro atoms. The lowest BCUT2D eigenvalue weighted by Gasteiger charge is -2.16. The van der Waals surface area contributed by atoms with Gasteiger partial charge in [0, 0.05) is 11.9 Å². The zero-order valence-corrected chi connectivity index (χ0v) is 15.1. The monoisotopic (exact) mass is 363 g/mol. The van der Waals surface area contributed by atoms with Gasteiger partial charge in [0.2, 0.25) is 5.58 Å². The van der Waals surface area contributed by atoms with Crippen LogP contribution in [0.3, 0.4) is 0 Å². The van der Waals surface area contributed by atoms with Crippen LogP contribution in [0.4, 0.5) is 0 Å². The third kappa shape index (κ3) is 3.85. The van der Waals surface area contributed by atoms with E-state index in [9.17, 15) is 4.79 Å². The van der Waals surface area contributed by atoms with Gasteiger partial charge in [0.25, 0.3) is 5.56 Å². The van der Waals surface area contributed by atoms with E-state index < -0.39 is 0 Å². The molecule has 0 amide bonds. The van der Waals surface area contributed by atoms with Crippen LogP contribution in [0.2, 0.25) is 0 Å². The first-order valence-corrected chi connectivity index (χ1v) is 8.97. The summed E-state index contributed by atoms with van der Waals surface area (Å²) in [6.07, 6.45) is 0.881. The summed E-state index contributed by atoms with van der Waals surface area (Å²) in [5, 5.41) is 0.860. The average molecular weight is 363 g/mol. The zero-order chi connectivity index (χ0) is 18.6. The molecule has 27 heavy (non-hydrogen) atoms. The van der Waals surface area contributed by atoms with Crippen molar-refractivity contribution in [2.45, 2.75) is 13.0 Å². The molecule has 6 heteroatoms. The van der Waals surface area contributed by atoms with Gasteiger partial charge in [0.1, 0.15) is 22.7 Å². The highest BCUT2D eigenvalue weighted by Gasteiger charge is 2.13. The number of benzene rings is 2. The maximum atomic E-state index is 12.3. The van der Waals surface area contributed by atoms with Gasteiger partial charge in [-0.1, -0.05) is 30.3 Å². The number of furan rings is 1. The topological polar surface area (TPSA) is 71.4 Å². The lowest BCUT2D eigenvalue weighted by atomic mass is 10.2. The summed E-state index contributed by atoms with van der Waals surface area (Å²) in [6, 6.07) is 17.3. The van der Waals surface area contributed by atoms with Crippen LogP contribution in [0.15, 0.2) is 63.8 Å². The van der Waals surface area contributed by atoms with Crippen LogP contribution < -0.4 is 10.3 Å². The van der Waals surface area contributed by atoms with Crippen LogP contribution >= 0.6 is 0 Å². The number of rotatable bonds is 7. The Balaban J connectivity index is 1.40. The van der Waals surface area contributed by atoms with E-state index >= 15 is 0 Å². The normalized spacial score (nSPS) is 11.5. The fraction of sp³-hybridized carbons (Fsp3) is 0.238. The summed E-state index contributed by atoms with van der Waals surface area (Å²) in [4.78, 5) is 21.9. The van der Waals surface area contributed by atoms with Gasteiger partial charge in [0.05, 0.1) is 13.2 Å². The number of ether oxygens (including phenoxy) is 1. The zero-order valence-electron chi connectivity index (χ0n) is 15.1. The molecule has 2 heterocycles. The van der Waals surface area contributed by atoms with Crippen molar-refractivity contribution in [3.05, 3.63) is 70.8 Å². The maximum Gasteiger partial charge on any atom is 0.294 e. The number of aromatic amines is 1. The number of aromatic nitrogens is 2. The number of H-pyrrole nitrogens is 1. The minimum Gasteiger partial charge on any atom is -0.494 e. The molecule has 0 bridgehead atoms. The molecule has 0 saturated heterocycles. The minimum absolute atomic E-state index is 0.244. The smallest absolute Gasteiger partial charge is 0.294 e. The number of hydrogen-bond donors (Lipinski definition) is 1. The molecule has 0 unspecified atom stereocenters. The predicted molar refractivity (Wildman–Crippen MR) is 105 cm³/mol. The number of nitrogens with zero attached hydrogens (tertiary/aromatic N) is 2. The molecule has 4 aromatic rings. The fourth-order valence-electron chi connectivity index (χ4n) is 3.10. The molecule has 138 valence electrons. The SMILES string of the molecule is CN(CCCOc1ccccc1)Cc1nc2c(oc3ccccc32)c(=O)[nH]1. The minimum atomic E-state index is -0.244. The second-order valence-corrected chi connectivity index (χ2v) is 6.54. The molecule has 1 N–H and O–H groups in total. The lowest BCUT2D eigenvalue weighted by Crippen LogP contribution is -2.24. The summed E-state index contributed by atoms with van der Waals surface area (Å²) in [7, 11) is 2.00. The molecular formula is C21H21N3O3. The van der Waals surface area contributed by atoms with Crippen LogP contribution in [-0.4, -0.2) is 35.1 Å². The highest BCUT2D eigenvalue weighted by Crippen LogP contribution is 2.24. The van der Waals surface area contributed by atoms with Crippen LogP contribution in [-0.2, 0) is 6.54 Å². The van der Waals surface area contributed by atoms with Crippen molar-refractivity contribution in [2.75, 3.05) is 20.2 Å². The summed E-state index contributed by atoms with van der Waals surface area (Å²) in [5.74, 6) is 1.51. The quantitative estimate of drug-likeness (QED) is 0.508. The Morgan fingerprint density at radius 1 is 1.11 bits per heavy atom. The Kier molecular flexibility index (Phi) is 4.89. The number of nitrogens with one attached hydrogen (secondary N) is 1. The van der Waals surface area contributed by atoms with Gasteiger partial charge in [-0.2, -0.15) is 0 Å². The predicted octanol–water partition coefficient (Wildman–Crippen LogP) is 3.57. The summed E-state index contributed by atoms with van der Waals surface area (Å²) in [5.41, 5.74) is 1.32. The van der Waals surface area contributed by atoms with Crippen LogP contribution in [0, 0.1) is 0 Å². The Hall–Kier alpha value is -3.12. The second-order valence-electron chi connectivity index (χ2n) is 6.54. The molecular weight excluding hydrogens is 342 g/mol. The van der Waals surface area contributed by atoms with Crippen molar-refractivity contribution < 1.29 is 9.15 Å². The molecule has 0 aliphatic carbocycles. The first kappa shape index (κ1) is 17.3. The Morgan fingerprint density at radius 2 is 1.89 bits per heavy atom. The van der Waals surface area contributed by atoms with Gasteiger partial charge in [-0.25, -0.2) is 4.98 Å². The third-order valence-corrected chi connectivity index (χ3v) is 4.40. The van der Waals surface area contributed by atoms with Gasteiger partial charge in [-0.15, -0.1) is 0 Å². The van der Waals surface area contributed by atoms with Gasteiger partial charge in [-0.05, 0) is 37.7 Å². The molecule has 0 aliphatic rings. The van der Waals surface area contributed by atoms with Gasteiger partial charge < -0.3 is 14.1 Å². The molecule has 4 rings (SSSR count). The number of fused-ring (bicyclic) bond motifs is 3. The first-order valence-electron chi connectivity index (χ1n) is 8.97. The van der Waals surface area contributed by atoms with Crippen molar-refractivity contribution in [3.63, 3.8) is 0 Å². The standard InChI is InChI=1S/C21H21N3O3/c1-24(12-7-13-26-15-8-3-2-4-9-15)14-18-22-19-16-10-5-6-11-17(16)27-20(19)21(25)23-18/h2-6,8-11H,7,12-14H2,1H3,(H,22,23,25). The van der Waals surface area contributed by atoms with Crippen molar-refractivity contribution in [3.8, 4) is 5.75 Å². The Bertz CT molecular complexity index is 1100. The molecule has 0 atom stereocenters. The Morgan fingerprint density at radius 3 is 2.74 bits per heavy atom. The first-order chi connectivity index (χ1) is 13.2. The number of para-hydroxylation sites is 2. The van der Waals surface area contributed by atoms with Crippen molar-refractivity contribution in [2.24, 2.45) is 0 Å². The Labute approximate surface area is 156 Å². The van der Waals surface area contributed by atoms with Gasteiger partial charge in [0.15, 0.2) is 0 Å². The van der Waals surface area contributed by atoms with Gasteiger partial charge >= 0.3 is 0 Å². The third-order valence-electron chi connectivity index (χ3n) is 4.40. The summed E-state index contributed by atoms with van der Waals surface area (Å²) in [6.45, 7) is 2.03. The van der Waals surface area contributed by atoms with Crippen LogP contribution in [0.1, 0.15) is 12.2 Å². The molecule has 0 radical (unpaired) electrons. The molecule has 2 aromatic carbocycles. The molecule has 2 aromatic heterocycles. The lowest BCUT2D eigenvalue weighted by molar-refractivity contribution is 0.256. The largest absolute Gasteiger partial charge is 0.494 e. The van der Waals surface area contributed by atoms with E-state index in [1.54, 1.807) is 0 Å². The highest BCUT2D eigenvalue weighted by molar-refractivity contribution is 6.01. The van der Waals surface area contributed by atoms with Crippen molar-refractivity contribution in [1.82, 2.24) is 14.9 Å². The average Bonchev–Trinajstić information content (AvgIpc) is 3.06. The molecule has 0 saturated carbocycles. The van der Waals surface area contributed by atoms with Crippen LogP contribution in [0.25, 0.3) is 22.1 Å². The van der Waals surface area contributed by atoms with Crippen LogP contribution in [0.5, 0.6) is 5.75 Å². The van der Waals surface area contributed by atoms with E-state index in [1.165, 1.54) is 0 Å². The molecule has 6 nitrogen and oxygen atoms in total. The van der Waals surface area contributed by atoms with E-state index in [2.05, 4.69) is 14.9 Å². The molecule has 0 fully saturated rings. The summed E-state index contributed by atoms with van der Waals surface area (Å²) < 4.78 is 11.3. The number of hydrogen-bond acceptors (Lipinski definition) is 5. The molecule has 0 aliphatic heterocycles. The van der Waals surface area contributed by atoms with E-state index in [1.807, 2.05) is 61.6 Å². The fourth-order valence-corrected chi connectivity index (χ4v) is 3.10. The van der Waals surface area contributed by atoms with Gasteiger partial charge in [-0.3, -0.25) is 9.69 Å².